The summed E-state index contributed by atoms with van der Waals surface area (Å²) in [4.78, 5) is 27.2. The van der Waals surface area contributed by atoms with Gasteiger partial charge in [0.2, 0.25) is 11.8 Å². The number of carbonyl (C=O) groups is 2. The lowest BCUT2D eigenvalue weighted by Gasteiger charge is -2.05. The van der Waals surface area contributed by atoms with E-state index in [1.54, 1.807) is 6.07 Å². The Hall–Kier alpha value is -2.71. The number of fused-ring (bicyclic) bond motifs is 1. The largest absolute Gasteiger partial charge is 0.389 e. The van der Waals surface area contributed by atoms with Gasteiger partial charge in [0.15, 0.2) is 0 Å². The minimum atomic E-state index is -4.39. The van der Waals surface area contributed by atoms with Gasteiger partial charge >= 0.3 is 6.18 Å². The lowest BCUT2D eigenvalue weighted by molar-refractivity contribution is -0.134. The highest BCUT2D eigenvalue weighted by molar-refractivity contribution is 6.00. The Balaban J connectivity index is 1.82. The average Bonchev–Trinajstić information content (AvgIpc) is 3.08. The SMILES string of the molecule is O=C1Cc2c(-c3cnn(C(=O)CCC(F)(F)F)c3)ccnc2N1. The Morgan fingerprint density at radius 2 is 2.17 bits per heavy atom. The fraction of sp³-hybridized carbons (Fsp3) is 0.286. The first-order valence-corrected chi connectivity index (χ1v) is 6.76. The number of rotatable bonds is 3. The summed E-state index contributed by atoms with van der Waals surface area (Å²) in [6, 6.07) is 1.67. The molecule has 1 aliphatic heterocycles. The van der Waals surface area contributed by atoms with Crippen LogP contribution in [0.15, 0.2) is 24.7 Å². The number of pyridine rings is 1. The van der Waals surface area contributed by atoms with E-state index in [4.69, 9.17) is 0 Å². The second kappa shape index (κ2) is 5.49. The van der Waals surface area contributed by atoms with E-state index in [1.807, 2.05) is 0 Å². The summed E-state index contributed by atoms with van der Waals surface area (Å²) in [5.41, 5.74) is 1.89. The van der Waals surface area contributed by atoms with Gasteiger partial charge < -0.3 is 5.32 Å². The van der Waals surface area contributed by atoms with Crippen molar-refractivity contribution in [3.63, 3.8) is 0 Å². The minimum Gasteiger partial charge on any atom is -0.310 e. The number of hydrogen-bond donors (Lipinski definition) is 1. The Bertz CT molecular complexity index is 783. The van der Waals surface area contributed by atoms with E-state index in [9.17, 15) is 22.8 Å². The molecular formula is C14H11F3N4O2. The molecule has 0 unspecified atom stereocenters. The molecule has 0 atom stereocenters. The number of nitrogens with one attached hydrogen (secondary N) is 1. The van der Waals surface area contributed by atoms with Gasteiger partial charge in [-0.25, -0.2) is 9.67 Å². The first-order valence-electron chi connectivity index (χ1n) is 6.76. The molecule has 3 rings (SSSR count). The molecule has 2 aromatic heterocycles. The van der Waals surface area contributed by atoms with Gasteiger partial charge in [0, 0.05) is 29.9 Å². The summed E-state index contributed by atoms with van der Waals surface area (Å²) >= 11 is 0. The van der Waals surface area contributed by atoms with Crippen LogP contribution in [-0.2, 0) is 11.2 Å². The molecule has 0 saturated heterocycles. The van der Waals surface area contributed by atoms with Gasteiger partial charge in [0.1, 0.15) is 5.82 Å². The van der Waals surface area contributed by atoms with Crippen molar-refractivity contribution in [2.75, 3.05) is 5.32 Å². The molecule has 1 N–H and O–H groups in total. The van der Waals surface area contributed by atoms with Gasteiger partial charge in [-0.05, 0) is 11.6 Å². The van der Waals surface area contributed by atoms with Gasteiger partial charge in [-0.15, -0.1) is 0 Å². The molecule has 1 amide bonds. The van der Waals surface area contributed by atoms with Crippen LogP contribution in [0, 0.1) is 0 Å². The molecule has 0 saturated carbocycles. The van der Waals surface area contributed by atoms with Gasteiger partial charge in [-0.2, -0.15) is 18.3 Å². The van der Waals surface area contributed by atoms with E-state index in [2.05, 4.69) is 15.4 Å². The molecule has 1 aliphatic rings. The first kappa shape index (κ1) is 15.2. The molecule has 0 radical (unpaired) electrons. The maximum absolute atomic E-state index is 12.2. The summed E-state index contributed by atoms with van der Waals surface area (Å²) in [6.45, 7) is 0. The quantitative estimate of drug-likeness (QED) is 0.940. The molecule has 120 valence electrons. The van der Waals surface area contributed by atoms with Crippen molar-refractivity contribution >= 4 is 17.6 Å². The molecule has 0 fully saturated rings. The monoisotopic (exact) mass is 324 g/mol. The van der Waals surface area contributed by atoms with Crippen LogP contribution in [0.25, 0.3) is 11.1 Å². The van der Waals surface area contributed by atoms with Crippen LogP contribution in [0.5, 0.6) is 0 Å². The second-order valence-corrected chi connectivity index (χ2v) is 5.09. The van der Waals surface area contributed by atoms with Crippen LogP contribution in [-0.4, -0.2) is 32.8 Å². The zero-order chi connectivity index (χ0) is 16.6. The highest BCUT2D eigenvalue weighted by Gasteiger charge is 2.28. The Morgan fingerprint density at radius 1 is 1.39 bits per heavy atom. The number of nitrogens with zero attached hydrogens (tertiary/aromatic N) is 3. The number of amides is 1. The Kier molecular flexibility index (Phi) is 3.63. The number of carbonyl (C=O) groups excluding carboxylic acids is 2. The van der Waals surface area contributed by atoms with Gasteiger partial charge in [0.25, 0.3) is 0 Å². The zero-order valence-corrected chi connectivity index (χ0v) is 11.7. The van der Waals surface area contributed by atoms with Crippen molar-refractivity contribution in [3.8, 4) is 11.1 Å². The Labute approximate surface area is 128 Å². The summed E-state index contributed by atoms with van der Waals surface area (Å²) in [7, 11) is 0. The van der Waals surface area contributed by atoms with Crippen LogP contribution in [0.2, 0.25) is 0 Å². The minimum absolute atomic E-state index is 0.158. The van der Waals surface area contributed by atoms with E-state index in [1.165, 1.54) is 18.6 Å². The summed E-state index contributed by atoms with van der Waals surface area (Å²) in [6.07, 6.45) is -1.85. The van der Waals surface area contributed by atoms with Crippen LogP contribution < -0.4 is 5.32 Å². The molecule has 6 nitrogen and oxygen atoms in total. The Morgan fingerprint density at radius 3 is 2.91 bits per heavy atom. The number of anilines is 1. The summed E-state index contributed by atoms with van der Waals surface area (Å²) in [5, 5.41) is 6.42. The molecule has 3 heterocycles. The fourth-order valence-electron chi connectivity index (χ4n) is 2.35. The lowest BCUT2D eigenvalue weighted by atomic mass is 10.0. The molecule has 0 aromatic carbocycles. The molecular weight excluding hydrogens is 313 g/mol. The number of halogens is 3. The highest BCUT2D eigenvalue weighted by Crippen LogP contribution is 2.31. The number of hydrogen-bond acceptors (Lipinski definition) is 4. The van der Waals surface area contributed by atoms with Crippen molar-refractivity contribution in [2.45, 2.75) is 25.4 Å². The third kappa shape index (κ3) is 3.22. The first-order chi connectivity index (χ1) is 10.8. The van der Waals surface area contributed by atoms with Crippen LogP contribution >= 0.6 is 0 Å². The maximum atomic E-state index is 12.2. The molecule has 2 aromatic rings. The van der Waals surface area contributed by atoms with Crippen molar-refractivity contribution in [3.05, 3.63) is 30.2 Å². The third-order valence-corrected chi connectivity index (χ3v) is 3.42. The molecule has 0 bridgehead atoms. The lowest BCUT2D eigenvalue weighted by Crippen LogP contribution is -2.16. The number of alkyl halides is 3. The summed E-state index contributed by atoms with van der Waals surface area (Å²) < 4.78 is 37.4. The zero-order valence-electron chi connectivity index (χ0n) is 11.7. The van der Waals surface area contributed by atoms with Crippen molar-refractivity contribution in [1.82, 2.24) is 14.8 Å². The van der Waals surface area contributed by atoms with E-state index < -0.39 is 24.9 Å². The van der Waals surface area contributed by atoms with E-state index >= 15 is 0 Å². The fourth-order valence-corrected chi connectivity index (χ4v) is 2.35. The van der Waals surface area contributed by atoms with Crippen molar-refractivity contribution in [2.24, 2.45) is 0 Å². The van der Waals surface area contributed by atoms with E-state index in [0.29, 0.717) is 22.5 Å². The molecule has 23 heavy (non-hydrogen) atoms. The van der Waals surface area contributed by atoms with E-state index in [0.717, 1.165) is 4.68 Å². The van der Waals surface area contributed by atoms with Crippen molar-refractivity contribution < 1.29 is 22.8 Å². The predicted octanol–water partition coefficient (Wildman–Crippen LogP) is 2.42. The normalized spacial score (nSPS) is 13.8. The van der Waals surface area contributed by atoms with Gasteiger partial charge in [-0.1, -0.05) is 0 Å². The second-order valence-electron chi connectivity index (χ2n) is 5.09. The predicted molar refractivity (Wildman–Crippen MR) is 73.7 cm³/mol. The molecule has 0 aliphatic carbocycles. The number of aromatic nitrogens is 3. The smallest absolute Gasteiger partial charge is 0.310 e. The highest BCUT2D eigenvalue weighted by atomic mass is 19.4. The van der Waals surface area contributed by atoms with Crippen LogP contribution in [0.4, 0.5) is 19.0 Å². The van der Waals surface area contributed by atoms with Gasteiger partial charge in [-0.3, -0.25) is 9.59 Å². The third-order valence-electron chi connectivity index (χ3n) is 3.42. The topological polar surface area (TPSA) is 76.9 Å². The molecule has 0 spiro atoms. The van der Waals surface area contributed by atoms with Crippen molar-refractivity contribution in [1.29, 1.82) is 0 Å². The molecule has 9 heteroatoms. The standard InChI is InChI=1S/C14H11F3N4O2/c15-14(16,17)3-1-12(23)21-7-8(6-19-21)9-2-4-18-13-10(9)5-11(22)20-13/h2,4,6-7H,1,3,5H2,(H,18,20,22). The average molecular weight is 324 g/mol. The maximum Gasteiger partial charge on any atom is 0.389 e. The van der Waals surface area contributed by atoms with E-state index in [-0.39, 0.29) is 12.3 Å². The van der Waals surface area contributed by atoms with Crippen LogP contribution in [0.1, 0.15) is 23.2 Å². The summed E-state index contributed by atoms with van der Waals surface area (Å²) in [5.74, 6) is -0.481. The van der Waals surface area contributed by atoms with Gasteiger partial charge in [0.05, 0.1) is 19.0 Å². The van der Waals surface area contributed by atoms with Crippen LogP contribution in [0.3, 0.4) is 0 Å².